The van der Waals surface area contributed by atoms with Crippen molar-refractivity contribution >= 4 is 5.78 Å². The number of aliphatic hydroxyl groups is 1. The van der Waals surface area contributed by atoms with Gasteiger partial charge in [-0.3, -0.25) is 4.79 Å². The van der Waals surface area contributed by atoms with E-state index in [4.69, 9.17) is 14.2 Å². The Morgan fingerprint density at radius 2 is 1.86 bits per heavy atom. The second-order valence-electron chi connectivity index (χ2n) is 9.03. The van der Waals surface area contributed by atoms with Gasteiger partial charge in [0.15, 0.2) is 11.5 Å². The number of carbonyl (C=O) groups is 1. The van der Waals surface area contributed by atoms with Crippen molar-refractivity contribution in [1.82, 2.24) is 5.32 Å². The number of aliphatic hydroxyl groups excluding tert-OH is 1. The van der Waals surface area contributed by atoms with Crippen LogP contribution in [0.25, 0.3) is 11.1 Å². The maximum atomic E-state index is 11.1. The van der Waals surface area contributed by atoms with Gasteiger partial charge >= 0.3 is 0 Å². The molecule has 184 valence electrons. The molecule has 0 aliphatic carbocycles. The van der Waals surface area contributed by atoms with Gasteiger partial charge < -0.3 is 24.6 Å². The molecule has 0 amide bonds. The SMILES string of the molecule is CC(=O)C[C@H](O)CNCc1ccc(C)c(OCc2cccc(-c3ccc4c(c3)OCCO4)c2C)c1. The Hall–Kier alpha value is -3.35. The van der Waals surface area contributed by atoms with Crippen molar-refractivity contribution in [2.75, 3.05) is 19.8 Å². The Balaban J connectivity index is 1.42. The van der Waals surface area contributed by atoms with Gasteiger partial charge in [0.05, 0.1) is 6.10 Å². The number of benzene rings is 3. The number of fused-ring (bicyclic) bond motifs is 1. The Bertz CT molecular complexity index is 1190. The summed E-state index contributed by atoms with van der Waals surface area (Å²) in [5, 5.41) is 13.1. The molecule has 2 N–H and O–H groups in total. The third-order valence-corrected chi connectivity index (χ3v) is 6.17. The lowest BCUT2D eigenvalue weighted by atomic mass is 9.96. The zero-order valence-electron chi connectivity index (χ0n) is 20.6. The van der Waals surface area contributed by atoms with Gasteiger partial charge in [-0.25, -0.2) is 0 Å². The minimum atomic E-state index is -0.668. The standard InChI is InChI=1S/C29H33NO5/c1-19-7-8-22(16-30-17-25(32)13-20(2)31)14-28(19)35-18-24-5-4-6-26(21(24)3)23-9-10-27-29(15-23)34-12-11-33-27/h4-10,14-15,25,30,32H,11-13,16-18H2,1-3H3/t25-/m0/s1. The molecule has 0 saturated carbocycles. The molecule has 0 aromatic heterocycles. The highest BCUT2D eigenvalue weighted by Gasteiger charge is 2.15. The Morgan fingerprint density at radius 1 is 1.06 bits per heavy atom. The Labute approximate surface area is 206 Å². The van der Waals surface area contributed by atoms with Crippen LogP contribution in [-0.2, 0) is 17.9 Å². The molecule has 3 aromatic carbocycles. The van der Waals surface area contributed by atoms with Gasteiger partial charge in [0.25, 0.3) is 0 Å². The summed E-state index contributed by atoms with van der Waals surface area (Å²) in [4.78, 5) is 11.1. The molecule has 3 aromatic rings. The van der Waals surface area contributed by atoms with Crippen molar-refractivity contribution in [1.29, 1.82) is 0 Å². The number of hydrogen-bond donors (Lipinski definition) is 2. The highest BCUT2D eigenvalue weighted by Crippen LogP contribution is 2.36. The lowest BCUT2D eigenvalue weighted by Crippen LogP contribution is -2.27. The summed E-state index contributed by atoms with van der Waals surface area (Å²) in [5.74, 6) is 2.39. The first kappa shape index (κ1) is 24.8. The fraction of sp³-hybridized carbons (Fsp3) is 0.345. The van der Waals surface area contributed by atoms with Crippen LogP contribution in [0, 0.1) is 13.8 Å². The first-order chi connectivity index (χ1) is 16.9. The summed E-state index contributed by atoms with van der Waals surface area (Å²) >= 11 is 0. The van der Waals surface area contributed by atoms with E-state index in [1.165, 1.54) is 12.5 Å². The smallest absolute Gasteiger partial charge is 0.161 e. The van der Waals surface area contributed by atoms with Gasteiger partial charge in [0.1, 0.15) is 31.4 Å². The van der Waals surface area contributed by atoms with Crippen LogP contribution in [0.3, 0.4) is 0 Å². The molecule has 0 spiro atoms. The number of ether oxygens (including phenoxy) is 3. The second kappa shape index (κ2) is 11.4. The van der Waals surface area contributed by atoms with E-state index >= 15 is 0 Å². The molecule has 1 aliphatic heterocycles. The van der Waals surface area contributed by atoms with E-state index in [9.17, 15) is 9.90 Å². The lowest BCUT2D eigenvalue weighted by molar-refractivity contribution is -0.118. The van der Waals surface area contributed by atoms with Crippen LogP contribution in [0.5, 0.6) is 17.2 Å². The minimum absolute atomic E-state index is 0.0151. The van der Waals surface area contributed by atoms with Crippen molar-refractivity contribution in [3.8, 4) is 28.4 Å². The summed E-state index contributed by atoms with van der Waals surface area (Å²) in [7, 11) is 0. The van der Waals surface area contributed by atoms with Crippen molar-refractivity contribution in [2.45, 2.75) is 46.4 Å². The van der Waals surface area contributed by atoms with Crippen molar-refractivity contribution in [2.24, 2.45) is 0 Å². The van der Waals surface area contributed by atoms with Crippen LogP contribution in [0.2, 0.25) is 0 Å². The molecule has 35 heavy (non-hydrogen) atoms. The maximum Gasteiger partial charge on any atom is 0.161 e. The van der Waals surface area contributed by atoms with Gasteiger partial charge in [-0.05, 0) is 72.4 Å². The maximum absolute atomic E-state index is 11.1. The van der Waals surface area contributed by atoms with Gasteiger partial charge in [0.2, 0.25) is 0 Å². The first-order valence-electron chi connectivity index (χ1n) is 12.0. The number of rotatable bonds is 10. The summed E-state index contributed by atoms with van der Waals surface area (Å²) in [6, 6.07) is 18.4. The average molecular weight is 476 g/mol. The Morgan fingerprint density at radius 3 is 2.66 bits per heavy atom. The third-order valence-electron chi connectivity index (χ3n) is 6.17. The fourth-order valence-corrected chi connectivity index (χ4v) is 4.22. The van der Waals surface area contributed by atoms with Crippen molar-refractivity contribution in [3.05, 3.63) is 76.9 Å². The van der Waals surface area contributed by atoms with E-state index < -0.39 is 6.10 Å². The summed E-state index contributed by atoms with van der Waals surface area (Å²) in [6.45, 7) is 8.19. The summed E-state index contributed by atoms with van der Waals surface area (Å²) in [6.07, 6.45) is -0.502. The normalized spacial score (nSPS) is 13.4. The van der Waals surface area contributed by atoms with Gasteiger partial charge in [-0.1, -0.05) is 36.4 Å². The molecule has 0 unspecified atom stereocenters. The molecule has 0 fully saturated rings. The van der Waals surface area contributed by atoms with Gasteiger partial charge in [0, 0.05) is 19.5 Å². The number of nitrogens with one attached hydrogen (secondary N) is 1. The van der Waals surface area contributed by atoms with Gasteiger partial charge in [-0.15, -0.1) is 0 Å². The van der Waals surface area contributed by atoms with Crippen molar-refractivity contribution in [3.63, 3.8) is 0 Å². The van der Waals surface area contributed by atoms with Crippen LogP contribution in [0.4, 0.5) is 0 Å². The van der Waals surface area contributed by atoms with E-state index in [2.05, 4.69) is 36.5 Å². The van der Waals surface area contributed by atoms with E-state index in [0.717, 1.165) is 45.1 Å². The molecule has 0 bridgehead atoms. The molecule has 0 radical (unpaired) electrons. The van der Waals surface area contributed by atoms with Crippen molar-refractivity contribution < 1.29 is 24.1 Å². The Kier molecular flexibility index (Phi) is 8.06. The monoisotopic (exact) mass is 475 g/mol. The summed E-state index contributed by atoms with van der Waals surface area (Å²) < 4.78 is 17.7. The molecule has 1 aliphatic rings. The lowest BCUT2D eigenvalue weighted by Gasteiger charge is -2.20. The number of Topliss-reactive ketones (excluding diaryl/α,β-unsaturated/α-hetero) is 1. The topological polar surface area (TPSA) is 77.0 Å². The van der Waals surface area contributed by atoms with E-state index in [1.807, 2.05) is 37.3 Å². The van der Waals surface area contributed by atoms with E-state index in [0.29, 0.717) is 32.9 Å². The highest BCUT2D eigenvalue weighted by molar-refractivity contribution is 5.76. The second-order valence-corrected chi connectivity index (χ2v) is 9.03. The molecule has 6 nitrogen and oxygen atoms in total. The van der Waals surface area contributed by atoms with Gasteiger partial charge in [-0.2, -0.15) is 0 Å². The van der Waals surface area contributed by atoms with Crippen LogP contribution in [-0.4, -0.2) is 36.8 Å². The highest BCUT2D eigenvalue weighted by atomic mass is 16.6. The zero-order valence-corrected chi connectivity index (χ0v) is 20.6. The average Bonchev–Trinajstić information content (AvgIpc) is 2.84. The van der Waals surface area contributed by atoms with E-state index in [-0.39, 0.29) is 12.2 Å². The minimum Gasteiger partial charge on any atom is -0.489 e. The number of hydrogen-bond acceptors (Lipinski definition) is 6. The molecule has 0 saturated heterocycles. The largest absolute Gasteiger partial charge is 0.489 e. The van der Waals surface area contributed by atoms with Crippen LogP contribution in [0.15, 0.2) is 54.6 Å². The molecular formula is C29H33NO5. The predicted octanol–water partition coefficient (Wildman–Crippen LogP) is 4.75. The van der Waals surface area contributed by atoms with Crippen LogP contribution < -0.4 is 19.5 Å². The van der Waals surface area contributed by atoms with Crippen LogP contribution >= 0.6 is 0 Å². The molecule has 4 rings (SSSR count). The first-order valence-corrected chi connectivity index (χ1v) is 12.0. The molecule has 1 atom stereocenters. The van der Waals surface area contributed by atoms with Crippen LogP contribution in [0.1, 0.15) is 35.6 Å². The quantitative estimate of drug-likeness (QED) is 0.441. The number of ketones is 1. The van der Waals surface area contributed by atoms with E-state index in [1.54, 1.807) is 0 Å². The number of aryl methyl sites for hydroxylation is 1. The third kappa shape index (κ3) is 6.41. The predicted molar refractivity (Wildman–Crippen MR) is 136 cm³/mol. The summed E-state index contributed by atoms with van der Waals surface area (Å²) in [5.41, 5.74) is 6.63. The molecule has 6 heteroatoms. The molecular weight excluding hydrogens is 442 g/mol. The molecule has 1 heterocycles. The number of carbonyl (C=O) groups excluding carboxylic acids is 1. The zero-order chi connectivity index (χ0) is 24.8. The fourth-order valence-electron chi connectivity index (χ4n) is 4.22.